The number of para-hydroxylation sites is 1. The fourth-order valence-electron chi connectivity index (χ4n) is 5.66. The number of aliphatic hydroxyl groups excluding tert-OH is 1. The van der Waals surface area contributed by atoms with Crippen LogP contribution in [-0.4, -0.2) is 105 Å². The lowest BCUT2D eigenvalue weighted by molar-refractivity contribution is 0.0981. The van der Waals surface area contributed by atoms with E-state index >= 15 is 0 Å². The van der Waals surface area contributed by atoms with E-state index in [4.69, 9.17) is 25.4 Å². The van der Waals surface area contributed by atoms with Crippen molar-refractivity contribution < 1.29 is 18.9 Å². The average molecular weight is 644 g/mol. The first kappa shape index (κ1) is 32.6. The summed E-state index contributed by atoms with van der Waals surface area (Å²) in [6.07, 6.45) is 4.39. The smallest absolute Gasteiger partial charge is 0.229 e. The molecule has 0 bridgehead atoms. The third kappa shape index (κ3) is 8.28. The number of piperazine rings is 1. The van der Waals surface area contributed by atoms with E-state index in [2.05, 4.69) is 48.4 Å². The number of anilines is 5. The summed E-state index contributed by atoms with van der Waals surface area (Å²) in [5.74, 6) is 1.62. The molecule has 13 heteroatoms. The Balaban J connectivity index is 1.30. The average Bonchev–Trinajstić information content (AvgIpc) is 3.05. The number of nitrogens with zero attached hydrogens (tertiary/aromatic N) is 5. The van der Waals surface area contributed by atoms with Crippen molar-refractivity contribution in [2.24, 2.45) is 0 Å². The number of likely N-dealkylation sites (N-methyl/N-ethyl adjacent to an activating group) is 1. The van der Waals surface area contributed by atoms with E-state index in [0.29, 0.717) is 35.9 Å². The van der Waals surface area contributed by atoms with Gasteiger partial charge in [0.15, 0.2) is 5.82 Å². The molecule has 3 N–H and O–H groups in total. The maximum Gasteiger partial charge on any atom is 0.229 e. The van der Waals surface area contributed by atoms with Gasteiger partial charge < -0.3 is 39.3 Å². The van der Waals surface area contributed by atoms with Crippen molar-refractivity contribution >= 4 is 54.1 Å². The summed E-state index contributed by atoms with van der Waals surface area (Å²) in [5, 5.41) is 17.2. The van der Waals surface area contributed by atoms with Crippen LogP contribution in [0.2, 0.25) is 5.02 Å². The minimum absolute atomic E-state index is 0.0812. The molecular formula is C31H43ClN7O4P. The number of halogens is 1. The highest BCUT2D eigenvalue weighted by molar-refractivity contribution is 7.56. The van der Waals surface area contributed by atoms with Gasteiger partial charge in [-0.1, -0.05) is 23.7 Å². The highest BCUT2D eigenvalue weighted by Gasteiger charge is 2.28. The van der Waals surface area contributed by atoms with Crippen LogP contribution in [-0.2, 0) is 9.05 Å². The molecule has 2 aliphatic rings. The van der Waals surface area contributed by atoms with Crippen molar-refractivity contribution in [3.63, 3.8) is 0 Å². The van der Waals surface area contributed by atoms with E-state index in [1.165, 1.54) is 0 Å². The van der Waals surface area contributed by atoms with Gasteiger partial charge in [-0.25, -0.2) is 4.98 Å². The Morgan fingerprint density at radius 2 is 1.75 bits per heavy atom. The van der Waals surface area contributed by atoms with Crippen molar-refractivity contribution in [3.8, 4) is 5.75 Å². The number of aliphatic hydroxyl groups is 1. The minimum atomic E-state index is -1.25. The summed E-state index contributed by atoms with van der Waals surface area (Å²) in [6, 6.07) is 14.5. The molecule has 0 spiro atoms. The van der Waals surface area contributed by atoms with Crippen LogP contribution in [0.3, 0.4) is 0 Å². The molecule has 0 unspecified atom stereocenters. The molecule has 2 aromatic carbocycles. The Bertz CT molecular complexity index is 1350. The van der Waals surface area contributed by atoms with Crippen LogP contribution in [0, 0.1) is 0 Å². The Morgan fingerprint density at radius 3 is 2.48 bits per heavy atom. The van der Waals surface area contributed by atoms with Crippen molar-refractivity contribution in [2.75, 3.05) is 89.3 Å². The standard InChI is InChI=1S/C31H43ClN7O4P/c1-37-15-17-38(18-16-37)24-11-13-39(14-12-24)27-10-9-23(21-28(27)43-20-6-19-40)34-31-33-22-25(32)30(36-31)35-26-7-4-5-8-29(26)44(41-2)42-3/h4-5,7-10,21-22,24,40H,6,11-20H2,1-3H3,(H2,33,34,35,36). The molecule has 238 valence electrons. The quantitative estimate of drug-likeness (QED) is 0.176. The molecule has 3 heterocycles. The monoisotopic (exact) mass is 643 g/mol. The molecule has 0 radical (unpaired) electrons. The molecule has 2 fully saturated rings. The van der Waals surface area contributed by atoms with Gasteiger partial charge in [-0.3, -0.25) is 4.90 Å². The summed E-state index contributed by atoms with van der Waals surface area (Å²) in [4.78, 5) is 16.5. The van der Waals surface area contributed by atoms with Gasteiger partial charge in [-0.2, -0.15) is 4.98 Å². The zero-order valence-corrected chi connectivity index (χ0v) is 27.4. The SMILES string of the molecule is COP(OC)c1ccccc1Nc1nc(Nc2ccc(N3CCC(N4CCN(C)CC4)CC3)c(OCCCO)c2)ncc1Cl. The summed E-state index contributed by atoms with van der Waals surface area (Å²) in [5.41, 5.74) is 2.64. The van der Waals surface area contributed by atoms with E-state index in [1.807, 2.05) is 36.4 Å². The second-order valence-electron chi connectivity index (χ2n) is 10.9. The second-order valence-corrected chi connectivity index (χ2v) is 13.1. The number of nitrogens with one attached hydrogen (secondary N) is 2. The maximum absolute atomic E-state index is 9.35. The number of aromatic nitrogens is 2. The Labute approximate surface area is 266 Å². The van der Waals surface area contributed by atoms with Crippen molar-refractivity contribution in [2.45, 2.75) is 25.3 Å². The van der Waals surface area contributed by atoms with Gasteiger partial charge in [0, 0.05) is 84.3 Å². The number of ether oxygens (including phenoxy) is 1. The van der Waals surface area contributed by atoms with Gasteiger partial charge in [0.1, 0.15) is 10.8 Å². The van der Waals surface area contributed by atoms with E-state index in [9.17, 15) is 5.11 Å². The van der Waals surface area contributed by atoms with E-state index in [1.54, 1.807) is 20.4 Å². The van der Waals surface area contributed by atoms with Crippen LogP contribution in [0.1, 0.15) is 19.3 Å². The molecule has 0 aliphatic carbocycles. The van der Waals surface area contributed by atoms with Gasteiger partial charge in [0.25, 0.3) is 0 Å². The first-order chi connectivity index (χ1) is 21.5. The zero-order chi connectivity index (χ0) is 30.9. The zero-order valence-electron chi connectivity index (χ0n) is 25.7. The highest BCUT2D eigenvalue weighted by Crippen LogP contribution is 2.39. The largest absolute Gasteiger partial charge is 0.491 e. The third-order valence-corrected chi connectivity index (χ3v) is 9.79. The van der Waals surface area contributed by atoms with Crippen LogP contribution >= 0.6 is 20.0 Å². The molecule has 3 aromatic rings. The number of hydrogen-bond acceptors (Lipinski definition) is 11. The van der Waals surface area contributed by atoms with E-state index in [-0.39, 0.29) is 6.61 Å². The predicted molar refractivity (Wildman–Crippen MR) is 179 cm³/mol. The van der Waals surface area contributed by atoms with Gasteiger partial charge in [0.2, 0.25) is 14.3 Å². The van der Waals surface area contributed by atoms with E-state index in [0.717, 1.165) is 80.2 Å². The summed E-state index contributed by atoms with van der Waals surface area (Å²) in [6.45, 7) is 7.05. The molecule has 5 rings (SSSR count). The van der Waals surface area contributed by atoms with Gasteiger partial charge >= 0.3 is 0 Å². The van der Waals surface area contributed by atoms with E-state index < -0.39 is 8.38 Å². The highest BCUT2D eigenvalue weighted by atomic mass is 35.5. The maximum atomic E-state index is 9.35. The van der Waals surface area contributed by atoms with Crippen LogP contribution in [0.5, 0.6) is 5.75 Å². The molecule has 2 aliphatic heterocycles. The number of hydrogen-bond donors (Lipinski definition) is 3. The molecule has 1 aromatic heterocycles. The Morgan fingerprint density at radius 1 is 1.00 bits per heavy atom. The number of benzene rings is 2. The van der Waals surface area contributed by atoms with Crippen LogP contribution in [0.4, 0.5) is 28.8 Å². The van der Waals surface area contributed by atoms with Crippen molar-refractivity contribution in [1.82, 2.24) is 19.8 Å². The molecule has 11 nitrogen and oxygen atoms in total. The first-order valence-electron chi connectivity index (χ1n) is 15.1. The molecule has 0 atom stereocenters. The number of rotatable bonds is 13. The molecule has 0 saturated carbocycles. The second kappa shape index (κ2) is 16.0. The fourth-order valence-corrected chi connectivity index (χ4v) is 6.87. The lowest BCUT2D eigenvalue weighted by atomic mass is 10.0. The lowest BCUT2D eigenvalue weighted by Gasteiger charge is -2.42. The van der Waals surface area contributed by atoms with Crippen LogP contribution in [0.25, 0.3) is 0 Å². The molecular weight excluding hydrogens is 601 g/mol. The summed E-state index contributed by atoms with van der Waals surface area (Å²) < 4.78 is 17.2. The fraction of sp³-hybridized carbons (Fsp3) is 0.484. The van der Waals surface area contributed by atoms with Gasteiger partial charge in [-0.15, -0.1) is 0 Å². The minimum Gasteiger partial charge on any atom is -0.491 e. The van der Waals surface area contributed by atoms with Crippen molar-refractivity contribution in [1.29, 1.82) is 0 Å². The number of piperidine rings is 1. The van der Waals surface area contributed by atoms with Crippen LogP contribution < -0.4 is 25.6 Å². The molecule has 44 heavy (non-hydrogen) atoms. The van der Waals surface area contributed by atoms with Crippen molar-refractivity contribution in [3.05, 3.63) is 53.7 Å². The molecule has 0 amide bonds. The summed E-state index contributed by atoms with van der Waals surface area (Å²) >= 11 is 6.49. The summed E-state index contributed by atoms with van der Waals surface area (Å²) in [7, 11) is 4.19. The van der Waals surface area contributed by atoms with Gasteiger partial charge in [0.05, 0.1) is 29.5 Å². The predicted octanol–water partition coefficient (Wildman–Crippen LogP) is 4.82. The first-order valence-corrected chi connectivity index (χ1v) is 16.6. The Kier molecular flexibility index (Phi) is 11.9. The van der Waals surface area contributed by atoms with Gasteiger partial charge in [-0.05, 0) is 44.2 Å². The Hall–Kier alpha value is -2.76. The van der Waals surface area contributed by atoms with Crippen LogP contribution in [0.15, 0.2) is 48.7 Å². The third-order valence-electron chi connectivity index (χ3n) is 8.06. The topological polar surface area (TPSA) is 107 Å². The molecule has 2 saturated heterocycles. The lowest BCUT2D eigenvalue weighted by Crippen LogP contribution is -2.52. The normalized spacial score (nSPS) is 16.8.